The van der Waals surface area contributed by atoms with Crippen molar-refractivity contribution in [2.45, 2.75) is 40.2 Å². The molecule has 1 aromatic rings. The molecule has 1 saturated heterocycles. The van der Waals surface area contributed by atoms with Crippen LogP contribution < -0.4 is 11.1 Å². The molecule has 0 spiro atoms. The highest BCUT2D eigenvalue weighted by atomic mass is 79.9. The number of carbonyl (C=O) groups is 2. The minimum absolute atomic E-state index is 0.0576. The summed E-state index contributed by atoms with van der Waals surface area (Å²) in [6, 6.07) is 3.51. The lowest BCUT2D eigenvalue weighted by Crippen LogP contribution is -2.41. The zero-order valence-electron chi connectivity index (χ0n) is 15.3. The number of amides is 1. The molecule has 144 valence electrons. The van der Waals surface area contributed by atoms with Crippen LogP contribution in [0.5, 0.6) is 0 Å². The third kappa shape index (κ3) is 5.42. The first-order valence-electron chi connectivity index (χ1n) is 8.58. The van der Waals surface area contributed by atoms with E-state index in [4.69, 9.17) is 22.2 Å². The van der Waals surface area contributed by atoms with Gasteiger partial charge in [-0.15, -0.1) is 5.06 Å². The van der Waals surface area contributed by atoms with Gasteiger partial charge in [0.15, 0.2) is 0 Å². The molecule has 2 rings (SSSR count). The van der Waals surface area contributed by atoms with Crippen LogP contribution >= 0.6 is 27.5 Å². The summed E-state index contributed by atoms with van der Waals surface area (Å²) in [5.41, 5.74) is 6.55. The van der Waals surface area contributed by atoms with Gasteiger partial charge in [0.25, 0.3) is 0 Å². The van der Waals surface area contributed by atoms with Gasteiger partial charge in [0, 0.05) is 35.0 Å². The van der Waals surface area contributed by atoms with E-state index in [1.165, 1.54) is 0 Å². The van der Waals surface area contributed by atoms with Gasteiger partial charge in [-0.3, -0.25) is 4.79 Å². The van der Waals surface area contributed by atoms with Gasteiger partial charge in [-0.25, -0.2) is 4.79 Å². The number of hydrogen-bond acceptors (Lipinski definition) is 5. The summed E-state index contributed by atoms with van der Waals surface area (Å²) in [7, 11) is 0. The third-order valence-electron chi connectivity index (χ3n) is 4.26. The van der Waals surface area contributed by atoms with Crippen molar-refractivity contribution >= 4 is 45.1 Å². The summed E-state index contributed by atoms with van der Waals surface area (Å²) in [4.78, 5) is 29.9. The highest BCUT2D eigenvalue weighted by molar-refractivity contribution is 9.10. The quantitative estimate of drug-likeness (QED) is 0.736. The van der Waals surface area contributed by atoms with Crippen molar-refractivity contribution in [1.29, 1.82) is 0 Å². The number of nitrogens with one attached hydrogen (secondary N) is 1. The largest absolute Gasteiger partial charge is 0.367 e. The van der Waals surface area contributed by atoms with E-state index in [2.05, 4.69) is 21.2 Å². The Hall–Kier alpha value is -1.15. The number of hydroxylamine groups is 2. The zero-order valence-corrected chi connectivity index (χ0v) is 17.6. The molecule has 1 aliphatic heterocycles. The molecule has 0 saturated carbocycles. The van der Waals surface area contributed by atoms with E-state index in [-0.39, 0.29) is 17.8 Å². The normalized spacial score (nSPS) is 16.4. The molecule has 1 amide bonds. The molecule has 1 aliphatic rings. The Morgan fingerprint density at radius 3 is 2.50 bits per heavy atom. The summed E-state index contributed by atoms with van der Waals surface area (Å²) in [5.74, 6) is -0.457. The number of nitrogens with zero attached hydrogens (tertiary/aromatic N) is 1. The predicted octanol–water partition coefficient (Wildman–Crippen LogP) is 3.72. The maximum absolute atomic E-state index is 12.6. The van der Waals surface area contributed by atoms with Crippen molar-refractivity contribution < 1.29 is 14.4 Å². The number of rotatable bonds is 4. The summed E-state index contributed by atoms with van der Waals surface area (Å²) < 4.78 is 0.713. The van der Waals surface area contributed by atoms with Gasteiger partial charge >= 0.3 is 5.97 Å². The molecule has 0 bridgehead atoms. The first-order valence-corrected chi connectivity index (χ1v) is 9.75. The number of carbonyl (C=O) groups excluding carboxylic acids is 2. The maximum Gasteiger partial charge on any atom is 0.330 e. The van der Waals surface area contributed by atoms with Crippen LogP contribution in [0.25, 0.3) is 0 Å². The van der Waals surface area contributed by atoms with Gasteiger partial charge in [-0.1, -0.05) is 11.6 Å². The van der Waals surface area contributed by atoms with Crippen LogP contribution in [-0.4, -0.2) is 30.0 Å². The highest BCUT2D eigenvalue weighted by Gasteiger charge is 2.30. The Kier molecular flexibility index (Phi) is 7.07. The Bertz CT molecular complexity index is 683. The predicted molar refractivity (Wildman–Crippen MR) is 106 cm³/mol. The molecular weight excluding hydrogens is 422 g/mol. The van der Waals surface area contributed by atoms with Gasteiger partial charge in [0.2, 0.25) is 5.91 Å². The van der Waals surface area contributed by atoms with E-state index in [0.717, 1.165) is 5.56 Å². The van der Waals surface area contributed by atoms with Gasteiger partial charge in [-0.2, -0.15) is 0 Å². The minimum atomic E-state index is -0.546. The first kappa shape index (κ1) is 21.2. The Balaban J connectivity index is 1.92. The third-order valence-corrected chi connectivity index (χ3v) is 5.27. The van der Waals surface area contributed by atoms with Crippen LogP contribution in [0.3, 0.4) is 0 Å². The molecular formula is C18H25BrClN3O3. The monoisotopic (exact) mass is 445 g/mol. The van der Waals surface area contributed by atoms with Crippen LogP contribution in [0, 0.1) is 11.3 Å². The van der Waals surface area contributed by atoms with Crippen molar-refractivity contribution in [3.05, 3.63) is 27.2 Å². The number of piperidine rings is 1. The summed E-state index contributed by atoms with van der Waals surface area (Å²) in [6.45, 7) is 6.82. The number of hydrogen-bond donors (Lipinski definition) is 2. The molecule has 26 heavy (non-hydrogen) atoms. The topological polar surface area (TPSA) is 84.7 Å². The van der Waals surface area contributed by atoms with E-state index in [1.807, 2.05) is 20.8 Å². The maximum atomic E-state index is 12.6. The summed E-state index contributed by atoms with van der Waals surface area (Å²) in [5, 5.41) is 5.14. The minimum Gasteiger partial charge on any atom is -0.367 e. The van der Waals surface area contributed by atoms with E-state index >= 15 is 0 Å². The zero-order chi connectivity index (χ0) is 19.5. The summed E-state index contributed by atoms with van der Waals surface area (Å²) in [6.07, 6.45) is 1.25. The Morgan fingerprint density at radius 1 is 1.35 bits per heavy atom. The number of benzene rings is 1. The molecule has 0 radical (unpaired) electrons. The second-order valence-electron chi connectivity index (χ2n) is 7.45. The fourth-order valence-electron chi connectivity index (χ4n) is 2.54. The molecule has 8 heteroatoms. The molecule has 1 aromatic carbocycles. The van der Waals surface area contributed by atoms with Crippen LogP contribution in [0.4, 0.5) is 5.69 Å². The lowest BCUT2D eigenvalue weighted by Gasteiger charge is -2.31. The van der Waals surface area contributed by atoms with Gasteiger partial charge in [-0.05, 0) is 67.2 Å². The van der Waals surface area contributed by atoms with Gasteiger partial charge in [0.1, 0.15) is 0 Å². The van der Waals surface area contributed by atoms with E-state index in [0.29, 0.717) is 47.7 Å². The number of anilines is 1. The first-order chi connectivity index (χ1) is 12.1. The van der Waals surface area contributed by atoms with E-state index in [9.17, 15) is 9.59 Å². The molecule has 0 atom stereocenters. The van der Waals surface area contributed by atoms with Crippen LogP contribution in [0.1, 0.15) is 39.2 Å². The van der Waals surface area contributed by atoms with E-state index in [1.54, 1.807) is 17.2 Å². The van der Waals surface area contributed by atoms with Crippen LogP contribution in [-0.2, 0) is 21.0 Å². The fourth-order valence-corrected chi connectivity index (χ4v) is 3.36. The second-order valence-corrected chi connectivity index (χ2v) is 8.71. The Morgan fingerprint density at radius 2 is 1.96 bits per heavy atom. The van der Waals surface area contributed by atoms with Crippen molar-refractivity contribution in [1.82, 2.24) is 5.06 Å². The average molecular weight is 447 g/mol. The SMILES string of the molecule is CC(C)(C)C(=O)ON1CCC(C(=O)Nc2cc(CN)c(Cl)cc2Br)CC1. The average Bonchev–Trinajstić information content (AvgIpc) is 2.57. The van der Waals surface area contributed by atoms with Crippen LogP contribution in [0.2, 0.25) is 5.02 Å². The lowest BCUT2D eigenvalue weighted by molar-refractivity contribution is -0.205. The molecule has 3 N–H and O–H groups in total. The lowest BCUT2D eigenvalue weighted by atomic mass is 9.96. The van der Waals surface area contributed by atoms with E-state index < -0.39 is 5.41 Å². The van der Waals surface area contributed by atoms with Crippen molar-refractivity contribution in [3.63, 3.8) is 0 Å². The van der Waals surface area contributed by atoms with Crippen molar-refractivity contribution in [2.24, 2.45) is 17.1 Å². The van der Waals surface area contributed by atoms with Crippen molar-refractivity contribution in [3.8, 4) is 0 Å². The number of nitrogens with two attached hydrogens (primary N) is 1. The molecule has 1 heterocycles. The Labute approximate surface area is 167 Å². The number of halogens is 2. The molecule has 1 fully saturated rings. The summed E-state index contributed by atoms with van der Waals surface area (Å²) >= 11 is 9.52. The highest BCUT2D eigenvalue weighted by Crippen LogP contribution is 2.30. The standard InChI is InChI=1S/C18H25BrClN3O3/c1-18(2,3)17(25)26-23-6-4-11(5-7-23)16(24)22-15-8-12(10-21)14(20)9-13(15)19/h8-9,11H,4-7,10,21H2,1-3H3,(H,22,24). The van der Waals surface area contributed by atoms with Crippen molar-refractivity contribution in [2.75, 3.05) is 18.4 Å². The molecule has 0 aromatic heterocycles. The fraction of sp³-hybridized carbons (Fsp3) is 0.556. The molecule has 0 unspecified atom stereocenters. The molecule has 6 nitrogen and oxygen atoms in total. The van der Waals surface area contributed by atoms with Crippen LogP contribution in [0.15, 0.2) is 16.6 Å². The van der Waals surface area contributed by atoms with Gasteiger partial charge < -0.3 is 15.9 Å². The molecule has 0 aliphatic carbocycles. The smallest absolute Gasteiger partial charge is 0.330 e. The van der Waals surface area contributed by atoms with Gasteiger partial charge in [0.05, 0.1) is 11.1 Å². The second kappa shape index (κ2) is 8.69.